The van der Waals surface area contributed by atoms with Crippen LogP contribution < -0.4 is 11.2 Å². The predicted octanol–water partition coefficient (Wildman–Crippen LogP) is 1.15. The molecule has 0 aliphatic carbocycles. The largest absolute Gasteiger partial charge is 0.408 e. The number of aromatic nitrogens is 2. The van der Waals surface area contributed by atoms with Crippen LogP contribution in [0.5, 0.6) is 0 Å². The molecule has 1 saturated heterocycles. The van der Waals surface area contributed by atoms with Crippen LogP contribution in [-0.2, 0) is 9.16 Å². The summed E-state index contributed by atoms with van der Waals surface area (Å²) in [5, 5.41) is 9.39. The van der Waals surface area contributed by atoms with Crippen LogP contribution in [0, 0.1) is 0 Å². The number of alkyl halides is 1. The zero-order chi connectivity index (χ0) is 18.3. The Labute approximate surface area is 140 Å². The van der Waals surface area contributed by atoms with Crippen LogP contribution in [0.3, 0.4) is 0 Å². The molecule has 2 N–H and O–H groups in total. The fourth-order valence-electron chi connectivity index (χ4n) is 2.35. The van der Waals surface area contributed by atoms with Crippen LogP contribution in [0.15, 0.2) is 21.9 Å². The average Bonchev–Trinajstić information content (AvgIpc) is 2.74. The van der Waals surface area contributed by atoms with Gasteiger partial charge in [-0.25, -0.2) is 9.18 Å². The number of aliphatic hydroxyl groups is 1. The molecule has 0 amide bonds. The first-order valence-corrected chi connectivity index (χ1v) is 10.8. The molecule has 7 nitrogen and oxygen atoms in total. The van der Waals surface area contributed by atoms with E-state index in [4.69, 9.17) is 9.16 Å². The van der Waals surface area contributed by atoms with E-state index in [-0.39, 0.29) is 5.04 Å². The highest BCUT2D eigenvalue weighted by Gasteiger charge is 2.51. The van der Waals surface area contributed by atoms with Gasteiger partial charge in [-0.05, 0) is 18.1 Å². The van der Waals surface area contributed by atoms with Crippen LogP contribution in [0.25, 0.3) is 0 Å². The molecule has 0 bridgehead atoms. The minimum absolute atomic E-state index is 0.139. The average molecular weight is 360 g/mol. The molecule has 0 aromatic carbocycles. The molecule has 0 radical (unpaired) electrons. The van der Waals surface area contributed by atoms with E-state index >= 15 is 0 Å². The molecular formula is C15H25FN2O5Si. The number of halogens is 1. The third-order valence-corrected chi connectivity index (χ3v) is 9.28. The molecule has 0 saturated carbocycles. The maximum atomic E-state index is 15.0. The minimum atomic E-state index is -2.30. The number of nitrogens with zero attached hydrogens (tertiary/aromatic N) is 1. The van der Waals surface area contributed by atoms with E-state index in [1.165, 1.54) is 6.20 Å². The number of aliphatic hydroxyl groups excluding tert-OH is 1. The van der Waals surface area contributed by atoms with Crippen molar-refractivity contribution in [1.82, 2.24) is 9.55 Å². The Balaban J connectivity index is 2.31. The van der Waals surface area contributed by atoms with Crippen LogP contribution in [0.1, 0.15) is 27.0 Å². The smallest absolute Gasteiger partial charge is 0.330 e. The summed E-state index contributed by atoms with van der Waals surface area (Å²) in [6.45, 7) is 9.62. The highest BCUT2D eigenvalue weighted by Crippen LogP contribution is 2.41. The SMILES string of the molecule is CC(C)(C)[Si](C)(C)OC1C(F)[C@H](n2ccc(=O)[nH]c2=O)O[C@@H]1CO. The van der Waals surface area contributed by atoms with Gasteiger partial charge in [-0.3, -0.25) is 14.3 Å². The van der Waals surface area contributed by atoms with Crippen molar-refractivity contribution in [2.75, 3.05) is 6.61 Å². The summed E-state index contributed by atoms with van der Waals surface area (Å²) in [5.74, 6) is 0. The molecule has 2 rings (SSSR count). The predicted molar refractivity (Wildman–Crippen MR) is 89.3 cm³/mol. The lowest BCUT2D eigenvalue weighted by molar-refractivity contribution is -0.0479. The van der Waals surface area contributed by atoms with Crippen molar-refractivity contribution in [3.8, 4) is 0 Å². The second-order valence-electron chi connectivity index (χ2n) is 7.55. The molecule has 1 aromatic heterocycles. The summed E-state index contributed by atoms with van der Waals surface area (Å²) in [5.41, 5.74) is -1.34. The first kappa shape index (κ1) is 19.0. The normalized spacial score (nSPS) is 28.3. The van der Waals surface area contributed by atoms with E-state index in [1.807, 2.05) is 33.9 Å². The standard InChI is InChI=1S/C15H25FN2O5Si/c1-15(2,3)24(4,5)23-12-9(8-19)22-13(11(12)16)18-7-6-10(20)17-14(18)21/h6-7,9,11-13,19H,8H2,1-5H3,(H,17,20,21)/t9-,11?,12?,13-/m1/s1. The molecule has 9 heteroatoms. The molecule has 2 unspecified atom stereocenters. The monoisotopic (exact) mass is 360 g/mol. The van der Waals surface area contributed by atoms with Crippen molar-refractivity contribution >= 4 is 8.32 Å². The van der Waals surface area contributed by atoms with Gasteiger partial charge in [-0.2, -0.15) is 0 Å². The number of nitrogens with one attached hydrogen (secondary N) is 1. The van der Waals surface area contributed by atoms with E-state index in [0.717, 1.165) is 10.6 Å². The number of hydrogen-bond donors (Lipinski definition) is 2. The molecule has 1 aromatic rings. The molecule has 0 spiro atoms. The highest BCUT2D eigenvalue weighted by molar-refractivity contribution is 6.74. The van der Waals surface area contributed by atoms with Gasteiger partial charge in [0.15, 0.2) is 20.7 Å². The number of ether oxygens (including phenoxy) is 1. The van der Waals surface area contributed by atoms with E-state index in [2.05, 4.69) is 4.98 Å². The molecule has 1 aliphatic heterocycles. The molecule has 1 aliphatic rings. The Hall–Kier alpha value is -1.29. The van der Waals surface area contributed by atoms with Crippen molar-refractivity contribution in [3.63, 3.8) is 0 Å². The van der Waals surface area contributed by atoms with Crippen molar-refractivity contribution in [1.29, 1.82) is 0 Å². The third kappa shape index (κ3) is 3.53. The topological polar surface area (TPSA) is 93.6 Å². The van der Waals surface area contributed by atoms with Gasteiger partial charge >= 0.3 is 5.69 Å². The van der Waals surface area contributed by atoms with Gasteiger partial charge in [-0.1, -0.05) is 20.8 Å². The third-order valence-electron chi connectivity index (χ3n) is 4.81. The molecule has 1 fully saturated rings. The lowest BCUT2D eigenvalue weighted by atomic mass is 10.1. The van der Waals surface area contributed by atoms with Gasteiger partial charge in [0, 0.05) is 12.3 Å². The summed E-state index contributed by atoms with van der Waals surface area (Å²) in [6.07, 6.45) is -3.56. The van der Waals surface area contributed by atoms with E-state index in [0.29, 0.717) is 0 Å². The van der Waals surface area contributed by atoms with E-state index in [9.17, 15) is 19.1 Å². The molecule has 24 heavy (non-hydrogen) atoms. The fourth-order valence-corrected chi connectivity index (χ4v) is 3.67. The second-order valence-corrected chi connectivity index (χ2v) is 12.3. The Morgan fingerprint density at radius 1 is 1.42 bits per heavy atom. The first-order valence-electron chi connectivity index (χ1n) is 7.87. The van der Waals surface area contributed by atoms with E-state index in [1.54, 1.807) is 0 Å². The number of H-pyrrole nitrogens is 1. The Bertz CT molecular complexity index is 696. The van der Waals surface area contributed by atoms with Crippen LogP contribution >= 0.6 is 0 Å². The Morgan fingerprint density at radius 2 is 2.04 bits per heavy atom. The lowest BCUT2D eigenvalue weighted by Gasteiger charge is -2.39. The van der Waals surface area contributed by atoms with Crippen molar-refractivity contribution in [3.05, 3.63) is 33.1 Å². The van der Waals surface area contributed by atoms with Gasteiger partial charge in [0.2, 0.25) is 0 Å². The summed E-state index contributed by atoms with van der Waals surface area (Å²) < 4.78 is 27.6. The molecule has 4 atom stereocenters. The summed E-state index contributed by atoms with van der Waals surface area (Å²) in [7, 11) is -2.30. The summed E-state index contributed by atoms with van der Waals surface area (Å²) in [6, 6.07) is 1.12. The number of hydrogen-bond acceptors (Lipinski definition) is 5. The maximum Gasteiger partial charge on any atom is 0.330 e. The Morgan fingerprint density at radius 3 is 2.54 bits per heavy atom. The zero-order valence-electron chi connectivity index (χ0n) is 14.6. The first-order chi connectivity index (χ1) is 11.0. The Kier molecular flexibility index (Phi) is 5.19. The number of rotatable bonds is 4. The van der Waals surface area contributed by atoms with Gasteiger partial charge < -0.3 is 14.3 Å². The van der Waals surface area contributed by atoms with Gasteiger partial charge in [-0.15, -0.1) is 0 Å². The zero-order valence-corrected chi connectivity index (χ0v) is 15.6. The van der Waals surface area contributed by atoms with Crippen molar-refractivity contribution in [2.45, 2.75) is 63.5 Å². The lowest BCUT2D eigenvalue weighted by Crippen LogP contribution is -2.49. The van der Waals surface area contributed by atoms with Gasteiger partial charge in [0.1, 0.15) is 12.2 Å². The molecule has 2 heterocycles. The van der Waals surface area contributed by atoms with Crippen molar-refractivity contribution in [2.24, 2.45) is 0 Å². The maximum absolute atomic E-state index is 15.0. The van der Waals surface area contributed by atoms with Gasteiger partial charge in [0.05, 0.1) is 6.61 Å². The van der Waals surface area contributed by atoms with Crippen molar-refractivity contribution < 1.29 is 18.7 Å². The highest BCUT2D eigenvalue weighted by atomic mass is 28.4. The molecular weight excluding hydrogens is 335 g/mol. The second kappa shape index (κ2) is 6.55. The van der Waals surface area contributed by atoms with Crippen LogP contribution in [0.4, 0.5) is 4.39 Å². The summed E-state index contributed by atoms with van der Waals surface area (Å²) >= 11 is 0. The minimum Gasteiger partial charge on any atom is -0.408 e. The molecule has 136 valence electrons. The summed E-state index contributed by atoms with van der Waals surface area (Å²) in [4.78, 5) is 25.1. The number of aromatic amines is 1. The van der Waals surface area contributed by atoms with Crippen LogP contribution in [-0.4, -0.2) is 48.0 Å². The van der Waals surface area contributed by atoms with Gasteiger partial charge in [0.25, 0.3) is 5.56 Å². The fraction of sp³-hybridized carbons (Fsp3) is 0.733. The van der Waals surface area contributed by atoms with E-state index < -0.39 is 50.8 Å². The van der Waals surface area contributed by atoms with Crippen LogP contribution in [0.2, 0.25) is 18.1 Å². The quantitative estimate of drug-likeness (QED) is 0.786.